The highest BCUT2D eigenvalue weighted by Gasteiger charge is 2.22. The van der Waals surface area contributed by atoms with Gasteiger partial charge in [-0.2, -0.15) is 0 Å². The number of rotatable bonds is 7. The standard InChI is InChI=1S/C13H13F2NO5/c14-8-2-1-3-9(15)7(8)6-11(17)16-10(13(20)21)4-5-12(18)19/h1-3,10H,4-6H2,(H,16,17)(H,18,19)(H,20,21)/t10-/m1/s1. The Kier molecular flexibility index (Phi) is 5.77. The van der Waals surface area contributed by atoms with Crippen molar-refractivity contribution in [2.45, 2.75) is 25.3 Å². The highest BCUT2D eigenvalue weighted by atomic mass is 19.1. The number of carboxylic acids is 2. The average molecular weight is 301 g/mol. The van der Waals surface area contributed by atoms with Crippen LogP contribution in [0, 0.1) is 11.6 Å². The maximum atomic E-state index is 13.3. The molecule has 0 spiro atoms. The quantitative estimate of drug-likeness (QED) is 0.695. The molecule has 1 amide bonds. The van der Waals surface area contributed by atoms with E-state index in [1.54, 1.807) is 0 Å². The molecule has 0 heterocycles. The lowest BCUT2D eigenvalue weighted by Gasteiger charge is -2.13. The van der Waals surface area contributed by atoms with Gasteiger partial charge in [0.25, 0.3) is 0 Å². The summed E-state index contributed by atoms with van der Waals surface area (Å²) < 4.78 is 26.7. The van der Waals surface area contributed by atoms with E-state index < -0.39 is 53.9 Å². The van der Waals surface area contributed by atoms with Gasteiger partial charge in [0.2, 0.25) is 5.91 Å². The first-order valence-corrected chi connectivity index (χ1v) is 5.98. The van der Waals surface area contributed by atoms with Crippen LogP contribution in [-0.2, 0) is 20.8 Å². The van der Waals surface area contributed by atoms with Gasteiger partial charge in [0.05, 0.1) is 6.42 Å². The van der Waals surface area contributed by atoms with E-state index >= 15 is 0 Å². The number of nitrogens with one attached hydrogen (secondary N) is 1. The molecule has 1 aromatic rings. The van der Waals surface area contributed by atoms with Gasteiger partial charge in [-0.3, -0.25) is 9.59 Å². The van der Waals surface area contributed by atoms with Crippen LogP contribution in [0.4, 0.5) is 8.78 Å². The van der Waals surface area contributed by atoms with E-state index in [1.165, 1.54) is 0 Å². The highest BCUT2D eigenvalue weighted by molar-refractivity contribution is 5.85. The molecular formula is C13H13F2NO5. The Balaban J connectivity index is 2.70. The van der Waals surface area contributed by atoms with Gasteiger partial charge >= 0.3 is 11.9 Å². The molecule has 0 aromatic heterocycles. The SMILES string of the molecule is O=C(O)CC[C@@H](NC(=O)Cc1c(F)cccc1F)C(=O)O. The van der Waals surface area contributed by atoms with Gasteiger partial charge in [0.15, 0.2) is 0 Å². The summed E-state index contributed by atoms with van der Waals surface area (Å²) in [6.07, 6.45) is -1.45. The summed E-state index contributed by atoms with van der Waals surface area (Å²) in [6, 6.07) is 1.66. The minimum atomic E-state index is -1.43. The molecule has 8 heteroatoms. The van der Waals surface area contributed by atoms with Crippen LogP contribution in [0.15, 0.2) is 18.2 Å². The van der Waals surface area contributed by atoms with E-state index in [4.69, 9.17) is 10.2 Å². The number of aliphatic carboxylic acids is 2. The van der Waals surface area contributed by atoms with E-state index in [9.17, 15) is 23.2 Å². The van der Waals surface area contributed by atoms with Gasteiger partial charge in [-0.25, -0.2) is 13.6 Å². The second kappa shape index (κ2) is 7.32. The molecule has 0 fully saturated rings. The molecule has 0 saturated carbocycles. The van der Waals surface area contributed by atoms with Crippen LogP contribution in [0.25, 0.3) is 0 Å². The van der Waals surface area contributed by atoms with Gasteiger partial charge in [0.1, 0.15) is 17.7 Å². The molecule has 0 aliphatic carbocycles. The van der Waals surface area contributed by atoms with Crippen LogP contribution in [-0.4, -0.2) is 34.1 Å². The summed E-state index contributed by atoms with van der Waals surface area (Å²) in [7, 11) is 0. The molecule has 0 saturated heterocycles. The Morgan fingerprint density at radius 3 is 2.19 bits per heavy atom. The third kappa shape index (κ3) is 5.17. The predicted molar refractivity (Wildman–Crippen MR) is 66.5 cm³/mol. The maximum absolute atomic E-state index is 13.3. The fourth-order valence-electron chi connectivity index (χ4n) is 1.63. The van der Waals surface area contributed by atoms with Gasteiger partial charge in [-0.1, -0.05) is 6.07 Å². The molecule has 1 atom stereocenters. The molecule has 0 bridgehead atoms. The number of halogens is 2. The van der Waals surface area contributed by atoms with Crippen molar-refractivity contribution in [1.82, 2.24) is 5.32 Å². The first kappa shape index (κ1) is 16.5. The maximum Gasteiger partial charge on any atom is 0.326 e. The van der Waals surface area contributed by atoms with Gasteiger partial charge in [-0.05, 0) is 18.6 Å². The fraction of sp³-hybridized carbons (Fsp3) is 0.308. The summed E-state index contributed by atoms with van der Waals surface area (Å²) in [5.41, 5.74) is -0.475. The van der Waals surface area contributed by atoms with Crippen molar-refractivity contribution in [2.75, 3.05) is 0 Å². The first-order chi connectivity index (χ1) is 9.81. The van der Waals surface area contributed by atoms with Crippen molar-refractivity contribution in [2.24, 2.45) is 0 Å². The topological polar surface area (TPSA) is 104 Å². The minimum Gasteiger partial charge on any atom is -0.481 e. The van der Waals surface area contributed by atoms with Gasteiger partial charge < -0.3 is 15.5 Å². The minimum absolute atomic E-state index is 0.323. The van der Waals surface area contributed by atoms with E-state index in [0.717, 1.165) is 18.2 Å². The zero-order valence-electron chi connectivity index (χ0n) is 10.8. The molecule has 114 valence electrons. The molecule has 21 heavy (non-hydrogen) atoms. The van der Waals surface area contributed by atoms with Crippen molar-refractivity contribution in [3.8, 4) is 0 Å². The summed E-state index contributed by atoms with van der Waals surface area (Å²) in [5, 5.41) is 19.4. The second-order valence-electron chi connectivity index (χ2n) is 4.27. The van der Waals surface area contributed by atoms with Crippen molar-refractivity contribution in [3.05, 3.63) is 35.4 Å². The predicted octanol–water partition coefficient (Wildman–Crippen LogP) is 0.942. The average Bonchev–Trinajstić information content (AvgIpc) is 2.38. The van der Waals surface area contributed by atoms with Crippen molar-refractivity contribution >= 4 is 17.8 Å². The smallest absolute Gasteiger partial charge is 0.326 e. The van der Waals surface area contributed by atoms with Crippen LogP contribution in [0.2, 0.25) is 0 Å². The number of hydrogen-bond acceptors (Lipinski definition) is 3. The van der Waals surface area contributed by atoms with Gasteiger partial charge in [-0.15, -0.1) is 0 Å². The molecule has 0 aliphatic heterocycles. The molecule has 0 radical (unpaired) electrons. The number of carbonyl (C=O) groups is 3. The van der Waals surface area contributed by atoms with Crippen molar-refractivity contribution < 1.29 is 33.4 Å². The van der Waals surface area contributed by atoms with E-state index in [0.29, 0.717) is 0 Å². The lowest BCUT2D eigenvalue weighted by atomic mass is 10.1. The lowest BCUT2D eigenvalue weighted by molar-refractivity contribution is -0.143. The number of amides is 1. The van der Waals surface area contributed by atoms with Crippen molar-refractivity contribution in [1.29, 1.82) is 0 Å². The molecule has 0 unspecified atom stereocenters. The van der Waals surface area contributed by atoms with Crippen LogP contribution in [0.3, 0.4) is 0 Å². The number of benzene rings is 1. The first-order valence-electron chi connectivity index (χ1n) is 5.98. The normalized spacial score (nSPS) is 11.7. The van der Waals surface area contributed by atoms with E-state index in [1.807, 2.05) is 5.32 Å². The van der Waals surface area contributed by atoms with Gasteiger partial charge in [0, 0.05) is 12.0 Å². The highest BCUT2D eigenvalue weighted by Crippen LogP contribution is 2.12. The Morgan fingerprint density at radius 2 is 1.71 bits per heavy atom. The zero-order valence-corrected chi connectivity index (χ0v) is 10.8. The molecule has 1 aromatic carbocycles. The monoisotopic (exact) mass is 301 g/mol. The van der Waals surface area contributed by atoms with Crippen LogP contribution in [0.1, 0.15) is 18.4 Å². The Morgan fingerprint density at radius 1 is 1.14 bits per heavy atom. The van der Waals surface area contributed by atoms with E-state index in [2.05, 4.69) is 0 Å². The van der Waals surface area contributed by atoms with E-state index in [-0.39, 0.29) is 6.42 Å². The second-order valence-corrected chi connectivity index (χ2v) is 4.27. The molecular weight excluding hydrogens is 288 g/mol. The summed E-state index contributed by atoms with van der Waals surface area (Å²) >= 11 is 0. The van der Waals surface area contributed by atoms with Crippen LogP contribution >= 0.6 is 0 Å². The number of hydrogen-bond donors (Lipinski definition) is 3. The van der Waals surface area contributed by atoms with Crippen molar-refractivity contribution in [3.63, 3.8) is 0 Å². The third-order valence-corrected chi connectivity index (χ3v) is 2.68. The largest absolute Gasteiger partial charge is 0.481 e. The number of carboxylic acid groups (broad SMARTS) is 2. The van der Waals surface area contributed by atoms with Crippen LogP contribution in [0.5, 0.6) is 0 Å². The molecule has 1 rings (SSSR count). The molecule has 3 N–H and O–H groups in total. The lowest BCUT2D eigenvalue weighted by Crippen LogP contribution is -2.42. The summed E-state index contributed by atoms with van der Waals surface area (Å²) in [5.74, 6) is -5.36. The van der Waals surface area contributed by atoms with Crippen LogP contribution < -0.4 is 5.32 Å². The molecule has 0 aliphatic rings. The Bertz CT molecular complexity index is 541. The fourth-order valence-corrected chi connectivity index (χ4v) is 1.63. The zero-order chi connectivity index (χ0) is 16.0. The number of carbonyl (C=O) groups excluding carboxylic acids is 1. The Labute approximate surface area is 118 Å². The third-order valence-electron chi connectivity index (χ3n) is 2.68. The Hall–Kier alpha value is -2.51. The molecule has 6 nitrogen and oxygen atoms in total. The summed E-state index contributed by atoms with van der Waals surface area (Å²) in [6.45, 7) is 0. The summed E-state index contributed by atoms with van der Waals surface area (Å²) in [4.78, 5) is 32.9.